The summed E-state index contributed by atoms with van der Waals surface area (Å²) in [6, 6.07) is 3.32. The van der Waals surface area contributed by atoms with Gasteiger partial charge in [0, 0.05) is 12.4 Å². The zero-order valence-electron chi connectivity index (χ0n) is 9.38. The van der Waals surface area contributed by atoms with Crippen LogP contribution in [0.4, 0.5) is 0 Å². The number of carboxylic acid groups (broad SMARTS) is 1. The summed E-state index contributed by atoms with van der Waals surface area (Å²) < 4.78 is 0. The van der Waals surface area contributed by atoms with Crippen LogP contribution in [0, 0.1) is 5.92 Å². The van der Waals surface area contributed by atoms with Gasteiger partial charge in [-0.3, -0.25) is 4.98 Å². The zero-order chi connectivity index (χ0) is 12.2. The van der Waals surface area contributed by atoms with Crippen molar-refractivity contribution >= 4 is 17.7 Å². The second-order valence-electron chi connectivity index (χ2n) is 3.77. The zero-order valence-corrected chi connectivity index (χ0v) is 10.2. The number of aromatic nitrogens is 1. The Hall–Kier alpha value is -1.07. The first kappa shape index (κ1) is 13.0. The molecule has 2 unspecified atom stereocenters. The minimum atomic E-state index is -1.34. The largest absolute Gasteiger partial charge is 0.480 e. The number of nitrogens with two attached hydrogens (primary N) is 1. The molecule has 0 aromatic carbocycles. The fraction of sp³-hybridized carbons (Fsp3) is 0.455. The molecule has 4 nitrogen and oxygen atoms in total. The molecule has 0 aliphatic heterocycles. The van der Waals surface area contributed by atoms with Gasteiger partial charge in [-0.05, 0) is 35.6 Å². The maximum atomic E-state index is 11.4. The molecule has 0 bridgehead atoms. The summed E-state index contributed by atoms with van der Waals surface area (Å²) in [5.41, 5.74) is 5.30. The molecule has 0 amide bonds. The third-order valence-corrected chi connectivity index (χ3v) is 3.54. The summed E-state index contributed by atoms with van der Waals surface area (Å²) >= 11 is 1.59. The first-order chi connectivity index (χ1) is 7.53. The molecule has 0 radical (unpaired) electrons. The number of aliphatic carboxylic acids is 1. The SMILES string of the molecule is CSCC(C)C(N)(C(=O)O)c1ccncc1. The van der Waals surface area contributed by atoms with E-state index in [1.807, 2.05) is 13.2 Å². The second-order valence-corrected chi connectivity index (χ2v) is 4.68. The van der Waals surface area contributed by atoms with E-state index >= 15 is 0 Å². The molecule has 0 saturated heterocycles. The maximum absolute atomic E-state index is 11.4. The lowest BCUT2D eigenvalue weighted by Crippen LogP contribution is -2.51. The Labute approximate surface area is 99.3 Å². The van der Waals surface area contributed by atoms with E-state index in [1.54, 1.807) is 36.3 Å². The van der Waals surface area contributed by atoms with Crippen molar-refractivity contribution in [1.82, 2.24) is 4.98 Å². The van der Waals surface area contributed by atoms with Gasteiger partial charge >= 0.3 is 5.97 Å². The Bertz CT molecular complexity index is 358. The van der Waals surface area contributed by atoms with Crippen LogP contribution in [-0.4, -0.2) is 28.1 Å². The van der Waals surface area contributed by atoms with E-state index in [4.69, 9.17) is 5.73 Å². The van der Waals surface area contributed by atoms with E-state index in [9.17, 15) is 9.90 Å². The second kappa shape index (κ2) is 5.32. The number of hydrogen-bond acceptors (Lipinski definition) is 4. The Kier molecular flexibility index (Phi) is 4.32. The number of nitrogens with zero attached hydrogens (tertiary/aromatic N) is 1. The molecular formula is C11H16N2O2S. The van der Waals surface area contributed by atoms with Crippen LogP contribution in [0.5, 0.6) is 0 Å². The van der Waals surface area contributed by atoms with Gasteiger partial charge in [0.1, 0.15) is 5.54 Å². The van der Waals surface area contributed by atoms with Gasteiger partial charge in [0.25, 0.3) is 0 Å². The number of hydrogen-bond donors (Lipinski definition) is 2. The van der Waals surface area contributed by atoms with Gasteiger partial charge in [0.2, 0.25) is 0 Å². The quantitative estimate of drug-likeness (QED) is 0.811. The highest BCUT2D eigenvalue weighted by Gasteiger charge is 2.41. The number of carboxylic acids is 1. The molecule has 1 aromatic heterocycles. The minimum absolute atomic E-state index is 0.151. The predicted molar refractivity (Wildman–Crippen MR) is 65.3 cm³/mol. The highest BCUT2D eigenvalue weighted by molar-refractivity contribution is 7.98. The van der Waals surface area contributed by atoms with Crippen molar-refractivity contribution in [3.63, 3.8) is 0 Å². The van der Waals surface area contributed by atoms with E-state index in [0.717, 1.165) is 0 Å². The van der Waals surface area contributed by atoms with Crippen molar-refractivity contribution in [3.8, 4) is 0 Å². The number of carbonyl (C=O) groups is 1. The Morgan fingerprint density at radius 3 is 2.62 bits per heavy atom. The summed E-state index contributed by atoms with van der Waals surface area (Å²) in [5.74, 6) is -0.451. The standard InChI is InChI=1S/C11H16N2O2S/c1-8(7-16-2)11(12,10(14)15)9-3-5-13-6-4-9/h3-6,8H,7,12H2,1-2H3,(H,14,15). The molecule has 1 aromatic rings. The van der Waals surface area contributed by atoms with Gasteiger partial charge < -0.3 is 10.8 Å². The fourth-order valence-corrected chi connectivity index (χ4v) is 2.39. The van der Waals surface area contributed by atoms with E-state index in [1.165, 1.54) is 0 Å². The van der Waals surface area contributed by atoms with Crippen molar-refractivity contribution in [2.24, 2.45) is 11.7 Å². The molecular weight excluding hydrogens is 224 g/mol. The molecule has 2 atom stereocenters. The van der Waals surface area contributed by atoms with E-state index in [0.29, 0.717) is 11.3 Å². The molecule has 16 heavy (non-hydrogen) atoms. The van der Waals surface area contributed by atoms with Crippen LogP contribution in [0.2, 0.25) is 0 Å². The Balaban J connectivity index is 3.12. The fourth-order valence-electron chi connectivity index (χ4n) is 1.63. The molecule has 0 saturated carbocycles. The summed E-state index contributed by atoms with van der Waals surface area (Å²) in [7, 11) is 0. The summed E-state index contributed by atoms with van der Waals surface area (Å²) in [6.45, 7) is 1.85. The lowest BCUT2D eigenvalue weighted by atomic mass is 9.81. The van der Waals surface area contributed by atoms with Gasteiger partial charge in [0.15, 0.2) is 0 Å². The van der Waals surface area contributed by atoms with Crippen molar-refractivity contribution in [2.45, 2.75) is 12.5 Å². The molecule has 1 rings (SSSR count). The predicted octanol–water partition coefficient (Wildman–Crippen LogP) is 1.32. The van der Waals surface area contributed by atoms with Crippen LogP contribution < -0.4 is 5.73 Å². The first-order valence-electron chi connectivity index (χ1n) is 4.95. The number of rotatable bonds is 5. The molecule has 0 spiro atoms. The summed E-state index contributed by atoms with van der Waals surface area (Å²) in [6.07, 6.45) is 5.06. The van der Waals surface area contributed by atoms with Crippen molar-refractivity contribution < 1.29 is 9.90 Å². The molecule has 88 valence electrons. The van der Waals surface area contributed by atoms with Crippen LogP contribution in [0.3, 0.4) is 0 Å². The molecule has 5 heteroatoms. The van der Waals surface area contributed by atoms with Gasteiger partial charge in [-0.1, -0.05) is 6.92 Å². The lowest BCUT2D eigenvalue weighted by Gasteiger charge is -2.31. The van der Waals surface area contributed by atoms with Crippen molar-refractivity contribution in [2.75, 3.05) is 12.0 Å². The molecule has 0 aliphatic carbocycles. The van der Waals surface area contributed by atoms with Gasteiger partial charge in [0.05, 0.1) is 0 Å². The normalized spacial score (nSPS) is 16.4. The topological polar surface area (TPSA) is 76.2 Å². The van der Waals surface area contributed by atoms with Crippen LogP contribution in [0.15, 0.2) is 24.5 Å². The van der Waals surface area contributed by atoms with Crippen LogP contribution >= 0.6 is 11.8 Å². The summed E-state index contributed by atoms with van der Waals surface area (Å²) in [4.78, 5) is 15.3. The highest BCUT2D eigenvalue weighted by Crippen LogP contribution is 2.29. The van der Waals surface area contributed by atoms with Crippen LogP contribution in [0.1, 0.15) is 12.5 Å². The third kappa shape index (κ3) is 2.36. The highest BCUT2D eigenvalue weighted by atomic mass is 32.2. The average molecular weight is 240 g/mol. The first-order valence-corrected chi connectivity index (χ1v) is 6.34. The third-order valence-electron chi connectivity index (χ3n) is 2.71. The Morgan fingerprint density at radius 2 is 2.19 bits per heavy atom. The van der Waals surface area contributed by atoms with Crippen LogP contribution in [0.25, 0.3) is 0 Å². The number of thioether (sulfide) groups is 1. The molecule has 1 heterocycles. The average Bonchev–Trinajstić information content (AvgIpc) is 2.29. The van der Waals surface area contributed by atoms with E-state index < -0.39 is 11.5 Å². The summed E-state index contributed by atoms with van der Waals surface area (Å²) in [5, 5.41) is 9.33. The molecule has 0 fully saturated rings. The lowest BCUT2D eigenvalue weighted by molar-refractivity contribution is -0.145. The van der Waals surface area contributed by atoms with Gasteiger partial charge in [-0.25, -0.2) is 4.79 Å². The molecule has 0 aliphatic rings. The van der Waals surface area contributed by atoms with E-state index in [-0.39, 0.29) is 5.92 Å². The maximum Gasteiger partial charge on any atom is 0.328 e. The minimum Gasteiger partial charge on any atom is -0.480 e. The van der Waals surface area contributed by atoms with Crippen molar-refractivity contribution in [3.05, 3.63) is 30.1 Å². The van der Waals surface area contributed by atoms with Crippen molar-refractivity contribution in [1.29, 1.82) is 0 Å². The Morgan fingerprint density at radius 1 is 1.62 bits per heavy atom. The monoisotopic (exact) mass is 240 g/mol. The van der Waals surface area contributed by atoms with Gasteiger partial charge in [-0.2, -0.15) is 11.8 Å². The number of pyridine rings is 1. The smallest absolute Gasteiger partial charge is 0.328 e. The molecule has 3 N–H and O–H groups in total. The van der Waals surface area contributed by atoms with E-state index in [2.05, 4.69) is 4.98 Å². The van der Waals surface area contributed by atoms with Crippen LogP contribution in [-0.2, 0) is 10.3 Å². The van der Waals surface area contributed by atoms with Gasteiger partial charge in [-0.15, -0.1) is 0 Å².